The van der Waals surface area contributed by atoms with Crippen LogP contribution in [0.2, 0.25) is 0 Å². The standard InChI is InChI=1S/C13H18N2O2/c14-12(11-7-4-8-15-11)13(16)17-9-10-5-2-1-3-6-10/h1-3,5-6,11-12,15H,4,7-9,14H2/t11-,12-/m0/s1. The second-order valence-corrected chi connectivity index (χ2v) is 4.32. The summed E-state index contributed by atoms with van der Waals surface area (Å²) < 4.78 is 5.20. The number of carbonyl (C=O) groups excluding carboxylic acids is 1. The molecular formula is C13H18N2O2. The lowest BCUT2D eigenvalue weighted by Crippen LogP contribution is -2.47. The number of rotatable bonds is 4. The molecule has 1 fully saturated rings. The molecular weight excluding hydrogens is 216 g/mol. The molecule has 3 N–H and O–H groups in total. The summed E-state index contributed by atoms with van der Waals surface area (Å²) in [6.45, 7) is 1.23. The zero-order chi connectivity index (χ0) is 12.1. The van der Waals surface area contributed by atoms with Crippen molar-refractivity contribution in [2.75, 3.05) is 6.54 Å². The van der Waals surface area contributed by atoms with E-state index in [1.54, 1.807) is 0 Å². The topological polar surface area (TPSA) is 64.4 Å². The molecule has 1 saturated heterocycles. The van der Waals surface area contributed by atoms with Gasteiger partial charge in [0.15, 0.2) is 0 Å². The van der Waals surface area contributed by atoms with E-state index in [9.17, 15) is 4.79 Å². The highest BCUT2D eigenvalue weighted by molar-refractivity contribution is 5.76. The summed E-state index contributed by atoms with van der Waals surface area (Å²) >= 11 is 0. The van der Waals surface area contributed by atoms with Gasteiger partial charge in [0, 0.05) is 6.04 Å². The van der Waals surface area contributed by atoms with E-state index in [0.717, 1.165) is 24.9 Å². The fourth-order valence-corrected chi connectivity index (χ4v) is 2.01. The predicted molar refractivity (Wildman–Crippen MR) is 65.2 cm³/mol. The van der Waals surface area contributed by atoms with Gasteiger partial charge in [-0.05, 0) is 24.9 Å². The second-order valence-electron chi connectivity index (χ2n) is 4.32. The zero-order valence-corrected chi connectivity index (χ0v) is 9.76. The van der Waals surface area contributed by atoms with Gasteiger partial charge in [0.05, 0.1) is 0 Å². The molecule has 2 rings (SSSR count). The quantitative estimate of drug-likeness (QED) is 0.757. The van der Waals surface area contributed by atoms with Crippen molar-refractivity contribution in [1.29, 1.82) is 0 Å². The third kappa shape index (κ3) is 3.28. The minimum absolute atomic E-state index is 0.0678. The fraction of sp³-hybridized carbons (Fsp3) is 0.462. The highest BCUT2D eigenvalue weighted by atomic mass is 16.5. The lowest BCUT2D eigenvalue weighted by atomic mass is 10.1. The van der Waals surface area contributed by atoms with Crippen molar-refractivity contribution in [3.8, 4) is 0 Å². The SMILES string of the molecule is N[C@H](C(=O)OCc1ccccc1)[C@@H]1CCCN1. The third-order valence-electron chi connectivity index (χ3n) is 3.03. The van der Waals surface area contributed by atoms with Crippen LogP contribution < -0.4 is 11.1 Å². The summed E-state index contributed by atoms with van der Waals surface area (Å²) in [4.78, 5) is 11.7. The molecule has 4 heteroatoms. The van der Waals surface area contributed by atoms with E-state index in [2.05, 4.69) is 5.32 Å². The molecule has 0 radical (unpaired) electrons. The lowest BCUT2D eigenvalue weighted by Gasteiger charge is -2.17. The van der Waals surface area contributed by atoms with Gasteiger partial charge in [-0.3, -0.25) is 4.79 Å². The summed E-state index contributed by atoms with van der Waals surface area (Å²) in [6.07, 6.45) is 2.02. The smallest absolute Gasteiger partial charge is 0.324 e. The monoisotopic (exact) mass is 234 g/mol. The molecule has 1 aromatic rings. The first kappa shape index (κ1) is 12.1. The Hall–Kier alpha value is -1.39. The Morgan fingerprint density at radius 2 is 2.24 bits per heavy atom. The molecule has 4 nitrogen and oxygen atoms in total. The number of ether oxygens (including phenoxy) is 1. The van der Waals surface area contributed by atoms with Crippen molar-refractivity contribution in [1.82, 2.24) is 5.32 Å². The molecule has 1 aliphatic rings. The molecule has 0 saturated carbocycles. The van der Waals surface area contributed by atoms with Crippen LogP contribution in [0.15, 0.2) is 30.3 Å². The Balaban J connectivity index is 1.80. The summed E-state index contributed by atoms with van der Waals surface area (Å²) in [5.41, 5.74) is 6.83. The minimum Gasteiger partial charge on any atom is -0.460 e. The summed E-state index contributed by atoms with van der Waals surface area (Å²) in [5.74, 6) is -0.326. The maximum absolute atomic E-state index is 11.7. The zero-order valence-electron chi connectivity index (χ0n) is 9.76. The first-order valence-corrected chi connectivity index (χ1v) is 5.97. The molecule has 0 aromatic heterocycles. The maximum Gasteiger partial charge on any atom is 0.324 e. The largest absolute Gasteiger partial charge is 0.460 e. The molecule has 2 atom stereocenters. The minimum atomic E-state index is -0.554. The number of nitrogens with one attached hydrogen (secondary N) is 1. The lowest BCUT2D eigenvalue weighted by molar-refractivity contribution is -0.147. The molecule has 0 bridgehead atoms. The van der Waals surface area contributed by atoms with Crippen LogP contribution in [0.4, 0.5) is 0 Å². The third-order valence-corrected chi connectivity index (χ3v) is 3.03. The van der Waals surface area contributed by atoms with E-state index in [1.165, 1.54) is 0 Å². The summed E-state index contributed by atoms with van der Waals surface area (Å²) in [6, 6.07) is 9.13. The molecule has 0 amide bonds. The Labute approximate surface area is 101 Å². The van der Waals surface area contributed by atoms with Gasteiger partial charge in [0.1, 0.15) is 12.6 Å². The van der Waals surface area contributed by atoms with Crippen LogP contribution in [-0.2, 0) is 16.1 Å². The van der Waals surface area contributed by atoms with Gasteiger partial charge in [0.25, 0.3) is 0 Å². The van der Waals surface area contributed by atoms with Gasteiger partial charge in [-0.2, -0.15) is 0 Å². The average Bonchev–Trinajstić information content (AvgIpc) is 2.90. The number of carbonyl (C=O) groups is 1. The second kappa shape index (κ2) is 5.80. The van der Waals surface area contributed by atoms with Gasteiger partial charge in [-0.1, -0.05) is 30.3 Å². The van der Waals surface area contributed by atoms with Crippen molar-refractivity contribution >= 4 is 5.97 Å². The van der Waals surface area contributed by atoms with Crippen molar-refractivity contribution < 1.29 is 9.53 Å². The average molecular weight is 234 g/mol. The van der Waals surface area contributed by atoms with Gasteiger partial charge in [-0.15, -0.1) is 0 Å². The van der Waals surface area contributed by atoms with Crippen molar-refractivity contribution in [2.24, 2.45) is 5.73 Å². The predicted octanol–water partition coefficient (Wildman–Crippen LogP) is 0.809. The van der Waals surface area contributed by atoms with Crippen LogP contribution in [0.1, 0.15) is 18.4 Å². The highest BCUT2D eigenvalue weighted by Gasteiger charge is 2.28. The van der Waals surface area contributed by atoms with Gasteiger partial charge in [-0.25, -0.2) is 0 Å². The number of hydrogen-bond donors (Lipinski definition) is 2. The van der Waals surface area contributed by atoms with Gasteiger partial charge < -0.3 is 15.8 Å². The van der Waals surface area contributed by atoms with Gasteiger partial charge >= 0.3 is 5.97 Å². The van der Waals surface area contributed by atoms with Crippen LogP contribution in [-0.4, -0.2) is 24.6 Å². The number of benzene rings is 1. The van der Waals surface area contributed by atoms with E-state index in [4.69, 9.17) is 10.5 Å². The van der Waals surface area contributed by atoms with E-state index in [1.807, 2.05) is 30.3 Å². The fourth-order valence-electron chi connectivity index (χ4n) is 2.01. The number of esters is 1. The molecule has 1 aromatic carbocycles. The Morgan fingerprint density at radius 1 is 1.47 bits per heavy atom. The number of nitrogens with two attached hydrogens (primary N) is 1. The summed E-state index contributed by atoms with van der Waals surface area (Å²) in [5, 5.41) is 3.21. The molecule has 92 valence electrons. The van der Waals surface area contributed by atoms with Crippen LogP contribution in [0.25, 0.3) is 0 Å². The molecule has 1 heterocycles. The van der Waals surface area contributed by atoms with Crippen LogP contribution in [0.5, 0.6) is 0 Å². The van der Waals surface area contributed by atoms with Crippen LogP contribution in [0.3, 0.4) is 0 Å². The van der Waals surface area contributed by atoms with E-state index >= 15 is 0 Å². The van der Waals surface area contributed by atoms with Crippen molar-refractivity contribution in [2.45, 2.75) is 31.5 Å². The molecule has 0 spiro atoms. The Morgan fingerprint density at radius 3 is 2.88 bits per heavy atom. The maximum atomic E-state index is 11.7. The van der Waals surface area contributed by atoms with Crippen molar-refractivity contribution in [3.05, 3.63) is 35.9 Å². The van der Waals surface area contributed by atoms with Crippen LogP contribution >= 0.6 is 0 Å². The number of hydrogen-bond acceptors (Lipinski definition) is 4. The Bertz CT molecular complexity index is 361. The highest BCUT2D eigenvalue weighted by Crippen LogP contribution is 2.10. The first-order valence-electron chi connectivity index (χ1n) is 5.97. The first-order chi connectivity index (χ1) is 8.27. The molecule has 0 aliphatic carbocycles. The van der Waals surface area contributed by atoms with E-state index < -0.39 is 6.04 Å². The van der Waals surface area contributed by atoms with Gasteiger partial charge in [0.2, 0.25) is 0 Å². The Kier molecular flexibility index (Phi) is 4.12. The van der Waals surface area contributed by atoms with E-state index in [-0.39, 0.29) is 12.0 Å². The van der Waals surface area contributed by atoms with Crippen LogP contribution in [0, 0.1) is 0 Å². The van der Waals surface area contributed by atoms with Crippen molar-refractivity contribution in [3.63, 3.8) is 0 Å². The summed E-state index contributed by atoms with van der Waals surface area (Å²) in [7, 11) is 0. The normalized spacial score (nSPS) is 21.1. The van der Waals surface area contributed by atoms with E-state index in [0.29, 0.717) is 6.61 Å². The molecule has 1 aliphatic heterocycles. The molecule has 17 heavy (non-hydrogen) atoms. The molecule has 0 unspecified atom stereocenters.